The summed E-state index contributed by atoms with van der Waals surface area (Å²) >= 11 is 0. The molecule has 0 unspecified atom stereocenters. The van der Waals surface area contributed by atoms with Gasteiger partial charge < -0.3 is 5.21 Å². The van der Waals surface area contributed by atoms with Crippen molar-refractivity contribution < 1.29 is 5.21 Å². The smallest absolute Gasteiger partial charge is 0.0498 e. The molecular formula is C20H33NO. The second-order valence-electron chi connectivity index (χ2n) is 9.08. The van der Waals surface area contributed by atoms with Crippen molar-refractivity contribution in [2.24, 2.45) is 33.2 Å². The highest BCUT2D eigenvalue weighted by atomic mass is 16.4. The van der Waals surface area contributed by atoms with Gasteiger partial charge in [0.15, 0.2) is 0 Å². The quantitative estimate of drug-likeness (QED) is 0.297. The number of fused-ring (bicyclic) bond motifs is 3. The Labute approximate surface area is 136 Å². The minimum atomic E-state index is 0.0685. The molecule has 2 fully saturated rings. The number of hydrogen-bond acceptors (Lipinski definition) is 2. The van der Waals surface area contributed by atoms with Crippen LogP contribution < -0.4 is 0 Å². The summed E-state index contributed by atoms with van der Waals surface area (Å²) in [5.41, 5.74) is 2.67. The molecule has 3 aliphatic rings. The first-order valence-corrected chi connectivity index (χ1v) is 9.26. The first-order chi connectivity index (χ1) is 10.4. The average molecular weight is 303 g/mol. The van der Waals surface area contributed by atoms with Crippen molar-refractivity contribution in [1.82, 2.24) is 0 Å². The SMILES string of the molecule is CC[C@@]1(C)CC=C2[C@@H](CC[C@H]3[C@@]2(C)CCC[C@@]3(C)/C=N/O)C1. The van der Waals surface area contributed by atoms with Crippen molar-refractivity contribution >= 4 is 6.21 Å². The summed E-state index contributed by atoms with van der Waals surface area (Å²) in [5.74, 6) is 1.44. The fraction of sp³-hybridized carbons (Fsp3) is 0.850. The summed E-state index contributed by atoms with van der Waals surface area (Å²) in [4.78, 5) is 0. The second-order valence-corrected chi connectivity index (χ2v) is 9.08. The van der Waals surface area contributed by atoms with Gasteiger partial charge in [-0.3, -0.25) is 0 Å². The standard InChI is InChI=1S/C20H33NO/c1-5-18(2)12-9-16-15(13-18)7-8-17-19(3,14-21-22)10-6-11-20(16,17)4/h9,14-15,17,22H,5-8,10-13H2,1-4H3/b21-14+/t15-,17+,18-,19-,20-/m0/s1. The Hall–Kier alpha value is -0.790. The third kappa shape index (κ3) is 2.34. The van der Waals surface area contributed by atoms with Crippen LogP contribution in [0.5, 0.6) is 0 Å². The van der Waals surface area contributed by atoms with Gasteiger partial charge in [-0.05, 0) is 61.2 Å². The zero-order valence-electron chi connectivity index (χ0n) is 14.9. The van der Waals surface area contributed by atoms with E-state index in [4.69, 9.17) is 5.21 Å². The van der Waals surface area contributed by atoms with E-state index < -0.39 is 0 Å². The summed E-state index contributed by atoms with van der Waals surface area (Å²) in [7, 11) is 0. The molecule has 22 heavy (non-hydrogen) atoms. The molecular weight excluding hydrogens is 270 g/mol. The van der Waals surface area contributed by atoms with Crippen LogP contribution >= 0.6 is 0 Å². The Morgan fingerprint density at radius 2 is 2.05 bits per heavy atom. The Kier molecular flexibility index (Phi) is 3.94. The van der Waals surface area contributed by atoms with Crippen LogP contribution in [0.15, 0.2) is 16.8 Å². The summed E-state index contributed by atoms with van der Waals surface area (Å²) in [6.07, 6.45) is 14.7. The van der Waals surface area contributed by atoms with Crippen LogP contribution in [0.3, 0.4) is 0 Å². The molecule has 0 spiro atoms. The predicted molar refractivity (Wildman–Crippen MR) is 92.3 cm³/mol. The lowest BCUT2D eigenvalue weighted by Crippen LogP contribution is -2.50. The number of allylic oxidation sites excluding steroid dienone is 2. The summed E-state index contributed by atoms with van der Waals surface area (Å²) in [6.45, 7) is 9.64. The van der Waals surface area contributed by atoms with E-state index in [1.165, 1.54) is 51.4 Å². The number of rotatable bonds is 2. The lowest BCUT2D eigenvalue weighted by molar-refractivity contribution is 0.00943. The molecule has 0 aromatic carbocycles. The van der Waals surface area contributed by atoms with E-state index in [-0.39, 0.29) is 5.41 Å². The minimum Gasteiger partial charge on any atom is -0.411 e. The fourth-order valence-electron chi connectivity index (χ4n) is 6.12. The topological polar surface area (TPSA) is 32.6 Å². The number of hydrogen-bond donors (Lipinski definition) is 1. The number of nitrogens with zero attached hydrogens (tertiary/aromatic N) is 1. The van der Waals surface area contributed by atoms with E-state index in [0.29, 0.717) is 16.7 Å². The fourth-order valence-corrected chi connectivity index (χ4v) is 6.12. The molecule has 1 N–H and O–H groups in total. The Morgan fingerprint density at radius 1 is 1.27 bits per heavy atom. The van der Waals surface area contributed by atoms with Gasteiger partial charge in [-0.1, -0.05) is 52.2 Å². The molecule has 2 saturated carbocycles. The Balaban J connectivity index is 1.96. The number of oxime groups is 1. The zero-order valence-corrected chi connectivity index (χ0v) is 14.9. The van der Waals surface area contributed by atoms with Crippen LogP contribution in [0.2, 0.25) is 0 Å². The molecule has 0 heterocycles. The Bertz CT molecular complexity index is 496. The van der Waals surface area contributed by atoms with E-state index in [0.717, 1.165) is 5.92 Å². The van der Waals surface area contributed by atoms with Crippen molar-refractivity contribution in [3.05, 3.63) is 11.6 Å². The average Bonchev–Trinajstić information content (AvgIpc) is 2.47. The molecule has 0 radical (unpaired) electrons. The highest BCUT2D eigenvalue weighted by Gasteiger charge is 2.54. The maximum absolute atomic E-state index is 9.15. The highest BCUT2D eigenvalue weighted by molar-refractivity contribution is 5.66. The van der Waals surface area contributed by atoms with Gasteiger partial charge in [0.25, 0.3) is 0 Å². The molecule has 0 saturated heterocycles. The van der Waals surface area contributed by atoms with Crippen molar-refractivity contribution in [3.63, 3.8) is 0 Å². The minimum absolute atomic E-state index is 0.0685. The van der Waals surface area contributed by atoms with Crippen molar-refractivity contribution in [1.29, 1.82) is 0 Å². The van der Waals surface area contributed by atoms with Gasteiger partial charge in [0.05, 0.1) is 0 Å². The van der Waals surface area contributed by atoms with Crippen LogP contribution in [0, 0.1) is 28.1 Å². The van der Waals surface area contributed by atoms with E-state index >= 15 is 0 Å². The van der Waals surface area contributed by atoms with E-state index in [9.17, 15) is 0 Å². The molecule has 124 valence electrons. The molecule has 0 aromatic rings. The molecule has 2 nitrogen and oxygen atoms in total. The molecule has 0 amide bonds. The highest BCUT2D eigenvalue weighted by Crippen LogP contribution is 2.63. The van der Waals surface area contributed by atoms with Gasteiger partial charge in [0, 0.05) is 11.6 Å². The van der Waals surface area contributed by atoms with Crippen LogP contribution in [0.4, 0.5) is 0 Å². The summed E-state index contributed by atoms with van der Waals surface area (Å²) in [5, 5.41) is 12.6. The van der Waals surface area contributed by atoms with Gasteiger partial charge in [0.1, 0.15) is 0 Å². The van der Waals surface area contributed by atoms with E-state index in [2.05, 4.69) is 38.9 Å². The van der Waals surface area contributed by atoms with Gasteiger partial charge in [-0.2, -0.15) is 0 Å². The lowest BCUT2D eigenvalue weighted by atomic mass is 9.46. The monoisotopic (exact) mass is 303 g/mol. The maximum atomic E-state index is 9.15. The predicted octanol–water partition coefficient (Wildman–Crippen LogP) is 5.81. The van der Waals surface area contributed by atoms with E-state index in [1.54, 1.807) is 5.57 Å². The zero-order chi connectivity index (χ0) is 16.0. The first-order valence-electron chi connectivity index (χ1n) is 9.26. The van der Waals surface area contributed by atoms with Gasteiger partial charge in [-0.15, -0.1) is 5.16 Å². The third-order valence-electron chi connectivity index (χ3n) is 7.64. The molecule has 5 atom stereocenters. The van der Waals surface area contributed by atoms with Crippen LogP contribution in [-0.2, 0) is 0 Å². The Morgan fingerprint density at radius 3 is 2.73 bits per heavy atom. The van der Waals surface area contributed by atoms with Crippen molar-refractivity contribution in [2.75, 3.05) is 0 Å². The van der Waals surface area contributed by atoms with Crippen LogP contribution in [0.25, 0.3) is 0 Å². The van der Waals surface area contributed by atoms with Crippen LogP contribution in [0.1, 0.15) is 79.1 Å². The third-order valence-corrected chi connectivity index (χ3v) is 7.64. The molecule has 0 aliphatic heterocycles. The molecule has 0 aromatic heterocycles. The second kappa shape index (κ2) is 5.39. The normalized spacial score (nSPS) is 48.6. The van der Waals surface area contributed by atoms with Gasteiger partial charge in [0.2, 0.25) is 0 Å². The summed E-state index contributed by atoms with van der Waals surface area (Å²) < 4.78 is 0. The van der Waals surface area contributed by atoms with Gasteiger partial charge in [-0.25, -0.2) is 0 Å². The molecule has 3 rings (SSSR count). The lowest BCUT2D eigenvalue weighted by Gasteiger charge is -2.58. The van der Waals surface area contributed by atoms with Crippen molar-refractivity contribution in [3.8, 4) is 0 Å². The van der Waals surface area contributed by atoms with Crippen LogP contribution in [-0.4, -0.2) is 11.4 Å². The molecule has 3 aliphatic carbocycles. The first kappa shape index (κ1) is 16.1. The molecule has 0 bridgehead atoms. The largest absolute Gasteiger partial charge is 0.411 e. The van der Waals surface area contributed by atoms with E-state index in [1.807, 2.05) is 6.21 Å². The van der Waals surface area contributed by atoms with Gasteiger partial charge >= 0.3 is 0 Å². The summed E-state index contributed by atoms with van der Waals surface area (Å²) in [6, 6.07) is 0. The maximum Gasteiger partial charge on any atom is 0.0498 e. The van der Waals surface area contributed by atoms with Crippen molar-refractivity contribution in [2.45, 2.75) is 79.1 Å². The molecule has 2 heteroatoms.